The van der Waals surface area contributed by atoms with Crippen LogP contribution in [0.5, 0.6) is 0 Å². The molecule has 74 valence electrons. The monoisotopic (exact) mass is 200 g/mol. The number of nitrogens with zero attached hydrogens (tertiary/aromatic N) is 1. The Kier molecular flexibility index (Phi) is 2.17. The third kappa shape index (κ3) is 1.69. The van der Waals surface area contributed by atoms with Gasteiger partial charge in [-0.1, -0.05) is 6.07 Å². The fourth-order valence-corrected chi connectivity index (χ4v) is 1.35. The summed E-state index contributed by atoms with van der Waals surface area (Å²) in [5, 5.41) is 0.810. The van der Waals surface area contributed by atoms with E-state index in [2.05, 4.69) is 4.98 Å². The van der Waals surface area contributed by atoms with E-state index >= 15 is 0 Å². The second-order valence-electron chi connectivity index (χ2n) is 3.13. The molecule has 0 saturated heterocycles. The Morgan fingerprint density at radius 3 is 2.73 bits per heavy atom. The molecule has 2 N–H and O–H groups in total. The number of nitrogens with two attached hydrogens (primary N) is 1. The zero-order valence-corrected chi connectivity index (χ0v) is 7.81. The minimum atomic E-state index is -0.559. The minimum Gasteiger partial charge on any atom is -0.364 e. The van der Waals surface area contributed by atoms with Gasteiger partial charge < -0.3 is 5.73 Å². The quantitative estimate of drug-likeness (QED) is 0.739. The molecule has 4 heteroatoms. The standard InChI is InChI=1S/C11H8N2O2/c12-11(15)10-4-2-8-5-7(6-14)1-3-9(8)13-10/h1-6H,(H2,12,15). The van der Waals surface area contributed by atoms with Crippen molar-refractivity contribution < 1.29 is 9.59 Å². The average molecular weight is 200 g/mol. The Morgan fingerprint density at radius 1 is 1.27 bits per heavy atom. The van der Waals surface area contributed by atoms with Crippen LogP contribution in [0.25, 0.3) is 10.9 Å². The number of aromatic nitrogens is 1. The molecule has 0 fully saturated rings. The highest BCUT2D eigenvalue weighted by atomic mass is 16.1. The minimum absolute atomic E-state index is 0.223. The van der Waals surface area contributed by atoms with Crippen LogP contribution in [-0.4, -0.2) is 17.2 Å². The van der Waals surface area contributed by atoms with E-state index in [-0.39, 0.29) is 5.69 Å². The molecule has 1 aromatic carbocycles. The van der Waals surface area contributed by atoms with Gasteiger partial charge in [-0.05, 0) is 24.3 Å². The Hall–Kier alpha value is -2.23. The SMILES string of the molecule is NC(=O)c1ccc2cc(C=O)ccc2n1. The smallest absolute Gasteiger partial charge is 0.267 e. The summed E-state index contributed by atoms with van der Waals surface area (Å²) < 4.78 is 0. The summed E-state index contributed by atoms with van der Waals surface area (Å²) in [5.41, 5.74) is 6.56. The number of carbonyl (C=O) groups excluding carboxylic acids is 2. The van der Waals surface area contributed by atoms with Crippen molar-refractivity contribution in [3.63, 3.8) is 0 Å². The first-order valence-electron chi connectivity index (χ1n) is 4.36. The summed E-state index contributed by atoms with van der Waals surface area (Å²) in [6.07, 6.45) is 0.765. The van der Waals surface area contributed by atoms with E-state index in [1.54, 1.807) is 30.3 Å². The van der Waals surface area contributed by atoms with Crippen molar-refractivity contribution in [2.24, 2.45) is 5.73 Å². The van der Waals surface area contributed by atoms with Gasteiger partial charge in [0, 0.05) is 10.9 Å². The highest BCUT2D eigenvalue weighted by molar-refractivity contribution is 5.94. The molecule has 0 saturated carbocycles. The maximum Gasteiger partial charge on any atom is 0.267 e. The normalized spacial score (nSPS) is 10.1. The van der Waals surface area contributed by atoms with Crippen molar-refractivity contribution in [2.75, 3.05) is 0 Å². The van der Waals surface area contributed by atoms with Crippen LogP contribution in [0.4, 0.5) is 0 Å². The number of benzene rings is 1. The van der Waals surface area contributed by atoms with Gasteiger partial charge in [0.1, 0.15) is 12.0 Å². The molecular formula is C11H8N2O2. The number of fused-ring (bicyclic) bond motifs is 1. The van der Waals surface area contributed by atoms with Gasteiger partial charge >= 0.3 is 0 Å². The maximum absolute atomic E-state index is 10.9. The van der Waals surface area contributed by atoms with E-state index in [0.717, 1.165) is 11.7 Å². The molecule has 0 atom stereocenters. The van der Waals surface area contributed by atoms with Crippen molar-refractivity contribution in [3.05, 3.63) is 41.6 Å². The number of pyridine rings is 1. The maximum atomic E-state index is 10.9. The fourth-order valence-electron chi connectivity index (χ4n) is 1.35. The van der Waals surface area contributed by atoms with Gasteiger partial charge in [0.15, 0.2) is 0 Å². The molecule has 1 heterocycles. The third-order valence-electron chi connectivity index (χ3n) is 2.10. The number of hydrogen-bond acceptors (Lipinski definition) is 3. The van der Waals surface area contributed by atoms with E-state index in [9.17, 15) is 9.59 Å². The van der Waals surface area contributed by atoms with E-state index < -0.39 is 5.91 Å². The Morgan fingerprint density at radius 2 is 2.07 bits per heavy atom. The van der Waals surface area contributed by atoms with Crippen molar-refractivity contribution in [1.29, 1.82) is 0 Å². The summed E-state index contributed by atoms with van der Waals surface area (Å²) in [4.78, 5) is 25.5. The van der Waals surface area contributed by atoms with Gasteiger partial charge in [0.2, 0.25) is 0 Å². The second-order valence-corrected chi connectivity index (χ2v) is 3.13. The number of carbonyl (C=O) groups is 2. The highest BCUT2D eigenvalue weighted by Crippen LogP contribution is 2.13. The molecule has 15 heavy (non-hydrogen) atoms. The molecular weight excluding hydrogens is 192 g/mol. The molecule has 0 bridgehead atoms. The number of hydrogen-bond donors (Lipinski definition) is 1. The Bertz CT molecular complexity index is 549. The Balaban J connectivity index is 2.64. The number of rotatable bonds is 2. The highest BCUT2D eigenvalue weighted by Gasteiger charge is 2.03. The summed E-state index contributed by atoms with van der Waals surface area (Å²) in [6, 6.07) is 8.30. The van der Waals surface area contributed by atoms with Crippen molar-refractivity contribution in [2.45, 2.75) is 0 Å². The lowest BCUT2D eigenvalue weighted by atomic mass is 10.1. The molecule has 1 amide bonds. The molecule has 0 radical (unpaired) electrons. The van der Waals surface area contributed by atoms with E-state index in [0.29, 0.717) is 11.1 Å². The fraction of sp³-hybridized carbons (Fsp3) is 0. The summed E-state index contributed by atoms with van der Waals surface area (Å²) in [5.74, 6) is -0.559. The lowest BCUT2D eigenvalue weighted by Crippen LogP contribution is -2.12. The number of primary amides is 1. The van der Waals surface area contributed by atoms with Crippen LogP contribution in [0.2, 0.25) is 0 Å². The van der Waals surface area contributed by atoms with Crippen LogP contribution in [0.3, 0.4) is 0 Å². The van der Waals surface area contributed by atoms with Gasteiger partial charge in [0.05, 0.1) is 5.52 Å². The number of amides is 1. The molecule has 4 nitrogen and oxygen atoms in total. The van der Waals surface area contributed by atoms with Crippen molar-refractivity contribution in [3.8, 4) is 0 Å². The predicted molar refractivity (Wildman–Crippen MR) is 55.6 cm³/mol. The van der Waals surface area contributed by atoms with Gasteiger partial charge in [-0.3, -0.25) is 9.59 Å². The molecule has 0 unspecified atom stereocenters. The topological polar surface area (TPSA) is 73.1 Å². The predicted octanol–water partition coefficient (Wildman–Crippen LogP) is 1.15. The molecule has 1 aromatic heterocycles. The van der Waals surface area contributed by atoms with Crippen LogP contribution in [-0.2, 0) is 0 Å². The van der Waals surface area contributed by atoms with E-state index in [4.69, 9.17) is 5.73 Å². The van der Waals surface area contributed by atoms with Gasteiger partial charge in [-0.25, -0.2) is 4.98 Å². The van der Waals surface area contributed by atoms with Crippen molar-refractivity contribution in [1.82, 2.24) is 4.98 Å². The number of aldehydes is 1. The van der Waals surface area contributed by atoms with Crippen LogP contribution >= 0.6 is 0 Å². The molecule has 0 aliphatic carbocycles. The molecule has 0 aliphatic rings. The zero-order valence-electron chi connectivity index (χ0n) is 7.81. The third-order valence-corrected chi connectivity index (χ3v) is 2.10. The first-order chi connectivity index (χ1) is 7.20. The van der Waals surface area contributed by atoms with Crippen LogP contribution < -0.4 is 5.73 Å². The summed E-state index contributed by atoms with van der Waals surface area (Å²) in [7, 11) is 0. The lowest BCUT2D eigenvalue weighted by molar-refractivity contribution is 0.0995. The molecule has 0 spiro atoms. The first kappa shape index (κ1) is 9.33. The van der Waals surface area contributed by atoms with Crippen LogP contribution in [0, 0.1) is 0 Å². The lowest BCUT2D eigenvalue weighted by Gasteiger charge is -1.99. The summed E-state index contributed by atoms with van der Waals surface area (Å²) in [6.45, 7) is 0. The summed E-state index contributed by atoms with van der Waals surface area (Å²) >= 11 is 0. The average Bonchev–Trinajstić information content (AvgIpc) is 2.27. The van der Waals surface area contributed by atoms with Gasteiger partial charge in [-0.2, -0.15) is 0 Å². The molecule has 0 aliphatic heterocycles. The zero-order chi connectivity index (χ0) is 10.8. The van der Waals surface area contributed by atoms with Gasteiger partial charge in [-0.15, -0.1) is 0 Å². The largest absolute Gasteiger partial charge is 0.364 e. The van der Waals surface area contributed by atoms with Crippen LogP contribution in [0.1, 0.15) is 20.8 Å². The second kappa shape index (κ2) is 3.49. The van der Waals surface area contributed by atoms with Gasteiger partial charge in [0.25, 0.3) is 5.91 Å². The van der Waals surface area contributed by atoms with Crippen LogP contribution in [0.15, 0.2) is 30.3 Å². The van der Waals surface area contributed by atoms with Crippen molar-refractivity contribution >= 4 is 23.1 Å². The molecule has 2 rings (SSSR count). The van der Waals surface area contributed by atoms with E-state index in [1.807, 2.05) is 0 Å². The van der Waals surface area contributed by atoms with E-state index in [1.165, 1.54) is 0 Å². The first-order valence-corrected chi connectivity index (χ1v) is 4.36. The Labute approximate surface area is 85.7 Å². The molecule has 2 aromatic rings.